The Labute approximate surface area is 639 Å². The molecule has 29 nitrogen and oxygen atoms in total. The number of amides is 7. The Balaban J connectivity index is 0.000000298. The van der Waals surface area contributed by atoms with Gasteiger partial charge in [0.05, 0.1) is 43.9 Å². The second-order valence-corrected chi connectivity index (χ2v) is 35.1. The smallest absolute Gasteiger partial charge is 0.497 e. The van der Waals surface area contributed by atoms with Crippen molar-refractivity contribution in [1.29, 1.82) is 0 Å². The Kier molecular flexibility index (Phi) is 28.3. The highest BCUT2D eigenvalue weighted by Gasteiger charge is 2.63. The number of hydrogen-bond acceptors (Lipinski definition) is 21. The van der Waals surface area contributed by atoms with Gasteiger partial charge in [-0.1, -0.05) is 80.4 Å². The number of fused-ring (bicyclic) bond motifs is 2. The molecule has 33 heteroatoms. The van der Waals surface area contributed by atoms with Crippen LogP contribution in [0.1, 0.15) is 160 Å². The van der Waals surface area contributed by atoms with Crippen molar-refractivity contribution in [3.63, 3.8) is 0 Å². The van der Waals surface area contributed by atoms with Crippen LogP contribution in [0.4, 0.5) is 9.59 Å². The molecule has 4 saturated carbocycles. The summed E-state index contributed by atoms with van der Waals surface area (Å²) in [6, 6.07) is 10.3. The van der Waals surface area contributed by atoms with Gasteiger partial charge in [0.25, 0.3) is 11.8 Å². The predicted octanol–water partition coefficient (Wildman–Crippen LogP) is 8.72. The van der Waals surface area contributed by atoms with Crippen molar-refractivity contribution in [1.82, 2.24) is 45.2 Å². The minimum Gasteiger partial charge on any atom is -0.497 e. The number of methoxy groups -OCH3 is 2. The van der Waals surface area contributed by atoms with E-state index in [9.17, 15) is 55.2 Å². The van der Waals surface area contributed by atoms with Crippen LogP contribution < -0.4 is 50.1 Å². The van der Waals surface area contributed by atoms with Gasteiger partial charge in [-0.05, 0) is 149 Å². The van der Waals surface area contributed by atoms with Gasteiger partial charge in [0, 0.05) is 47.8 Å². The second kappa shape index (κ2) is 34.5. The molecule has 0 radical (unpaired) electrons. The van der Waals surface area contributed by atoms with Crippen molar-refractivity contribution in [3.8, 4) is 23.3 Å². The van der Waals surface area contributed by atoms with Crippen molar-refractivity contribution < 1.29 is 88.7 Å². The average molecular weight is 1570 g/mol. The van der Waals surface area contributed by atoms with Crippen LogP contribution in [0.3, 0.4) is 0 Å². The van der Waals surface area contributed by atoms with Crippen molar-refractivity contribution in [3.05, 3.63) is 86.2 Å². The third kappa shape index (κ3) is 20.8. The molecule has 2 aromatic heterocycles. The number of pyridine rings is 2. The molecule has 4 heterocycles. The van der Waals surface area contributed by atoms with Crippen LogP contribution in [-0.2, 0) is 58.3 Å². The molecule has 2 saturated heterocycles. The number of carbonyl (C=O) groups excluding carboxylic acids is 7. The first-order chi connectivity index (χ1) is 49.0. The van der Waals surface area contributed by atoms with Gasteiger partial charge in [-0.3, -0.25) is 38.2 Å². The summed E-state index contributed by atoms with van der Waals surface area (Å²) in [5.74, 6) is -2.91. The van der Waals surface area contributed by atoms with Crippen LogP contribution in [0, 0.1) is 22.7 Å². The molecule has 6 aliphatic rings. The first-order valence-corrected chi connectivity index (χ1v) is 38.6. The van der Waals surface area contributed by atoms with Crippen molar-refractivity contribution in [2.75, 3.05) is 27.3 Å². The zero-order valence-corrected chi connectivity index (χ0v) is 66.6. The molecule has 4 aliphatic carbocycles. The Bertz CT molecular complexity index is 4200. The lowest BCUT2D eigenvalue weighted by Crippen LogP contribution is -2.60. The quantitative estimate of drug-likeness (QED) is 0.0241. The van der Waals surface area contributed by atoms with Crippen LogP contribution >= 0.6 is 24.8 Å². The number of benzene rings is 2. The van der Waals surface area contributed by atoms with E-state index >= 15 is 0 Å². The Hall–Kier alpha value is -8.26. The number of nitrogens with zero attached hydrogens (tertiary/aromatic N) is 4. The van der Waals surface area contributed by atoms with Gasteiger partial charge in [-0.25, -0.2) is 36.4 Å². The highest BCUT2D eigenvalue weighted by atomic mass is 35.5. The zero-order chi connectivity index (χ0) is 77.7. The normalized spacial score (nSPS) is 23.2. The fourth-order valence-corrected chi connectivity index (χ4v) is 15.7. The lowest BCUT2D eigenvalue weighted by Gasteiger charge is -2.36. The highest BCUT2D eigenvalue weighted by Crippen LogP contribution is 2.47. The average Bonchev–Trinajstić information content (AvgIpc) is 1.58. The number of carbonyl (C=O) groups is 8. The van der Waals surface area contributed by atoms with Crippen LogP contribution in [0.5, 0.6) is 23.3 Å². The van der Waals surface area contributed by atoms with E-state index in [1.807, 2.05) is 71.0 Å². The standard InChI is InChI=1S/C37H51N5O9S.C31H41N5O7S.C6H12O3.2ClH/c1-9-23-20-37(23,33(45)41-52(47,48)26-12-11-13-26)40-30(43)28-19-25(50-31-27-15-14-24(49-8)18-22(27)16-17-38-31)21-42(28)32(44)29(35(3,4)5)39-34(46)51-36(6,7)10-2;1-6-19-16-31(19,29(39)35-44(40,41)22-8-7-9-22)34-26(37)24-15-21(17-36(24)28(38)25(32)30(2,3)4)43-27-23-11-10-20(42-5)14-18(23)12-13-33-27;1-4-6(2,3)9-5(7)8;;/h9,14-18,23,25-26,28-29H,1,10-13,19-21H2,2-8H3,(H,39,46)(H,40,43)(H,41,45);6,10-14,19,21-22,24-25H,1,7-9,15-17,32H2,2-5H3,(H,34,37)(H,35,39);4H2,1-3H3,(H,7,8);2*1H/t23-,25-,28+,29-,37-;19-,21-,24+,25-,31-;;;/m11.../s1. The second-order valence-electron chi connectivity index (χ2n) is 31.2. The van der Waals surface area contributed by atoms with Gasteiger partial charge in [0.2, 0.25) is 55.4 Å². The van der Waals surface area contributed by atoms with Crippen molar-refractivity contribution in [2.24, 2.45) is 28.4 Å². The van der Waals surface area contributed by atoms with Gasteiger partial charge in [0.1, 0.15) is 64.1 Å². The summed E-state index contributed by atoms with van der Waals surface area (Å²) in [4.78, 5) is 118. The van der Waals surface area contributed by atoms with Crippen LogP contribution in [-0.4, -0.2) is 186 Å². The number of alkyl carbamates (subject to hydrolysis) is 1. The largest absolute Gasteiger partial charge is 0.506 e. The molecule has 2 aromatic carbocycles. The van der Waals surface area contributed by atoms with E-state index in [2.05, 4.69) is 53.3 Å². The molecule has 4 aromatic rings. The van der Waals surface area contributed by atoms with Crippen LogP contribution in [0.25, 0.3) is 21.5 Å². The van der Waals surface area contributed by atoms with Gasteiger partial charge < -0.3 is 65.0 Å². The Morgan fingerprint density at radius 1 is 0.617 bits per heavy atom. The maximum atomic E-state index is 14.5. The lowest BCUT2D eigenvalue weighted by molar-refractivity contribution is -0.143. The van der Waals surface area contributed by atoms with Crippen LogP contribution in [0.2, 0.25) is 0 Å². The fourth-order valence-electron chi connectivity index (χ4n) is 12.6. The summed E-state index contributed by atoms with van der Waals surface area (Å²) < 4.78 is 89.1. The number of hydrogen-bond donors (Lipinski definition) is 7. The molecular weight excluding hydrogens is 1470 g/mol. The first-order valence-electron chi connectivity index (χ1n) is 35.5. The van der Waals surface area contributed by atoms with Crippen molar-refractivity contribution >= 4 is 114 Å². The number of nitrogens with two attached hydrogens (primary N) is 1. The zero-order valence-electron chi connectivity index (χ0n) is 63.3. The summed E-state index contributed by atoms with van der Waals surface area (Å²) in [6.45, 7) is 29.2. The number of carboxylic acid groups (broad SMARTS) is 1. The predicted molar refractivity (Wildman–Crippen MR) is 406 cm³/mol. The van der Waals surface area contributed by atoms with Crippen LogP contribution in [0.15, 0.2) is 86.2 Å². The third-order valence-electron chi connectivity index (χ3n) is 20.7. The van der Waals surface area contributed by atoms with E-state index in [0.717, 1.165) is 29.0 Å². The molecule has 6 fully saturated rings. The maximum Gasteiger partial charge on any atom is 0.506 e. The number of nitrogens with one attached hydrogen (secondary N) is 5. The topological polar surface area (TPSA) is 399 Å². The first kappa shape index (κ1) is 87.6. The Morgan fingerprint density at radius 3 is 1.33 bits per heavy atom. The summed E-state index contributed by atoms with van der Waals surface area (Å²) >= 11 is 0. The number of rotatable bonds is 25. The molecule has 0 bridgehead atoms. The minimum absolute atomic E-state index is 0. The number of aromatic nitrogens is 2. The van der Waals surface area contributed by atoms with Gasteiger partial charge >= 0.3 is 12.2 Å². The molecule has 10 rings (SSSR count). The van der Waals surface area contributed by atoms with E-state index in [4.69, 9.17) is 34.5 Å². The molecule has 8 N–H and O–H groups in total. The van der Waals surface area contributed by atoms with Gasteiger partial charge in [-0.15, -0.1) is 38.0 Å². The molecule has 10 atom stereocenters. The van der Waals surface area contributed by atoms with Crippen molar-refractivity contribution in [2.45, 2.75) is 229 Å². The van der Waals surface area contributed by atoms with Gasteiger partial charge in [0.15, 0.2) is 0 Å². The van der Waals surface area contributed by atoms with E-state index < -0.39 is 160 Å². The van der Waals surface area contributed by atoms with E-state index in [1.54, 1.807) is 87.2 Å². The summed E-state index contributed by atoms with van der Waals surface area (Å²) in [6.07, 6.45) is 8.04. The highest BCUT2D eigenvalue weighted by molar-refractivity contribution is 7.91. The summed E-state index contributed by atoms with van der Waals surface area (Å²) in [7, 11) is -4.66. The Morgan fingerprint density at radius 2 is 1.01 bits per heavy atom. The monoisotopic (exact) mass is 1570 g/mol. The molecule has 0 unspecified atom stereocenters. The molecule has 0 spiro atoms. The molecule has 592 valence electrons. The number of ether oxygens (including phenoxy) is 6. The third-order valence-corrected chi connectivity index (χ3v) is 24.3. The summed E-state index contributed by atoms with van der Waals surface area (Å²) in [5, 5.41) is 18.3. The molecule has 2 aliphatic heterocycles. The van der Waals surface area contributed by atoms with E-state index in [-0.39, 0.29) is 63.6 Å². The maximum absolute atomic E-state index is 14.5. The molecule has 107 heavy (non-hydrogen) atoms. The fraction of sp³-hybridized carbons (Fsp3) is 0.595. The molecule has 7 amide bonds. The number of sulfonamides is 2. The lowest BCUT2D eigenvalue weighted by atomic mass is 9.85. The minimum atomic E-state index is -3.93. The summed E-state index contributed by atoms with van der Waals surface area (Å²) in [5.41, 5.74) is 0.588. The number of halogens is 2. The van der Waals surface area contributed by atoms with E-state index in [1.165, 1.54) is 22.0 Å². The van der Waals surface area contributed by atoms with E-state index in [0.29, 0.717) is 67.2 Å². The number of likely N-dealkylation sites (tertiary alicyclic amines) is 2. The molecular formula is C74H106Cl2N10O19S2. The van der Waals surface area contributed by atoms with Gasteiger partial charge in [-0.2, -0.15) is 0 Å². The SMILES string of the molecule is C=C[C@@H]1C[C@]1(NC(=O)[C@@H]1C[C@@H](Oc2nccc3cc(OC)ccc23)CN1C(=O)[C@@H](N)C(C)(C)C)C(=O)NS(=O)(=O)C1CCC1.C=C[C@@H]1C[C@]1(NC(=O)[C@@H]1C[C@@H](Oc2nccc3cc(OC)ccc23)CN1C(=O)[C@@H](NC(=O)OC(C)(C)CC)C(C)(C)C)C(=O)NS(=O)(=O)C1CCC1.CCC(C)(C)OC(=O)O.Cl.Cl.